The molecule has 0 radical (unpaired) electrons. The van der Waals surface area contributed by atoms with Crippen LogP contribution >= 0.6 is 0 Å². The Balaban J connectivity index is 1.69. The Labute approximate surface area is 140 Å². The monoisotopic (exact) mass is 329 g/mol. The fourth-order valence-corrected chi connectivity index (χ4v) is 3.33. The number of fused-ring (bicyclic) bond motifs is 1. The third-order valence-corrected chi connectivity index (χ3v) is 4.68. The summed E-state index contributed by atoms with van der Waals surface area (Å²) in [5, 5.41) is 10.4. The minimum Gasteiger partial charge on any atom is -0.339 e. The fourth-order valence-electron chi connectivity index (χ4n) is 3.33. The lowest BCUT2D eigenvalue weighted by Gasteiger charge is -2.25. The van der Waals surface area contributed by atoms with Gasteiger partial charge in [0.05, 0.1) is 5.52 Å². The molecule has 7 nitrogen and oxygen atoms in total. The number of hydrogen-bond donors (Lipinski definition) is 3. The number of carbonyl (C=O) groups is 2. The summed E-state index contributed by atoms with van der Waals surface area (Å²) in [7, 11) is 0. The summed E-state index contributed by atoms with van der Waals surface area (Å²) in [5.41, 5.74) is 6.81. The van der Waals surface area contributed by atoms with Crippen molar-refractivity contribution in [1.82, 2.24) is 20.4 Å². The summed E-state index contributed by atoms with van der Waals surface area (Å²) in [6.45, 7) is 4.96. The zero-order valence-electron chi connectivity index (χ0n) is 14.0. The van der Waals surface area contributed by atoms with Crippen LogP contribution in [-0.2, 0) is 4.79 Å². The number of likely N-dealkylation sites (tertiary alicyclic amines) is 1. The number of rotatable bonds is 4. The smallest absolute Gasteiger partial charge is 0.273 e. The summed E-state index contributed by atoms with van der Waals surface area (Å²) < 4.78 is 0. The normalized spacial score (nSPS) is 21.9. The first-order chi connectivity index (χ1) is 11.5. The molecule has 3 rings (SSSR count). The average molecular weight is 329 g/mol. The van der Waals surface area contributed by atoms with Gasteiger partial charge in [0.1, 0.15) is 6.04 Å². The lowest BCUT2D eigenvalue weighted by molar-refractivity contribution is -0.133. The van der Waals surface area contributed by atoms with Gasteiger partial charge in [-0.25, -0.2) is 0 Å². The second kappa shape index (κ2) is 6.60. The predicted molar refractivity (Wildman–Crippen MR) is 91.4 cm³/mol. The molecule has 1 aromatic carbocycles. The maximum atomic E-state index is 12.6. The van der Waals surface area contributed by atoms with Crippen molar-refractivity contribution in [2.45, 2.75) is 32.4 Å². The number of aromatic amines is 1. The van der Waals surface area contributed by atoms with Gasteiger partial charge in [0, 0.05) is 18.0 Å². The molecule has 1 aliphatic heterocycles. The number of nitrogens with two attached hydrogens (primary N) is 1. The van der Waals surface area contributed by atoms with Crippen molar-refractivity contribution in [3.8, 4) is 0 Å². The molecule has 2 aromatic rings. The Morgan fingerprint density at radius 1 is 1.46 bits per heavy atom. The van der Waals surface area contributed by atoms with Crippen LogP contribution < -0.4 is 11.1 Å². The zero-order chi connectivity index (χ0) is 17.3. The van der Waals surface area contributed by atoms with Crippen molar-refractivity contribution in [2.75, 3.05) is 13.1 Å². The maximum absolute atomic E-state index is 12.6. The SMILES string of the molecule is CC(NC(=O)c1n[nH]c2ccccc12)C(=O)N1CC(CN)CC1C. The van der Waals surface area contributed by atoms with Gasteiger partial charge >= 0.3 is 0 Å². The first kappa shape index (κ1) is 16.4. The largest absolute Gasteiger partial charge is 0.339 e. The van der Waals surface area contributed by atoms with Crippen LogP contribution in [0.4, 0.5) is 0 Å². The summed E-state index contributed by atoms with van der Waals surface area (Å²) in [6, 6.07) is 6.95. The molecule has 4 N–H and O–H groups in total. The molecule has 1 aromatic heterocycles. The quantitative estimate of drug-likeness (QED) is 0.774. The van der Waals surface area contributed by atoms with Crippen molar-refractivity contribution in [3.05, 3.63) is 30.0 Å². The van der Waals surface area contributed by atoms with E-state index < -0.39 is 6.04 Å². The maximum Gasteiger partial charge on any atom is 0.273 e. The number of hydrogen-bond acceptors (Lipinski definition) is 4. The van der Waals surface area contributed by atoms with Crippen LogP contribution in [0.3, 0.4) is 0 Å². The molecule has 0 saturated carbocycles. The number of nitrogens with one attached hydrogen (secondary N) is 2. The Bertz CT molecular complexity index is 756. The molecular formula is C17H23N5O2. The third kappa shape index (κ3) is 2.99. The van der Waals surface area contributed by atoms with E-state index in [0.29, 0.717) is 24.7 Å². The van der Waals surface area contributed by atoms with E-state index in [0.717, 1.165) is 17.3 Å². The number of nitrogens with zero attached hydrogens (tertiary/aromatic N) is 2. The van der Waals surface area contributed by atoms with Gasteiger partial charge in [-0.1, -0.05) is 18.2 Å². The van der Waals surface area contributed by atoms with E-state index in [1.165, 1.54) is 0 Å². The molecule has 3 atom stereocenters. The molecule has 128 valence electrons. The van der Waals surface area contributed by atoms with Gasteiger partial charge in [-0.3, -0.25) is 14.7 Å². The average Bonchev–Trinajstić information content (AvgIpc) is 3.17. The van der Waals surface area contributed by atoms with Crippen LogP contribution in [0.1, 0.15) is 30.8 Å². The summed E-state index contributed by atoms with van der Waals surface area (Å²) >= 11 is 0. The highest BCUT2D eigenvalue weighted by atomic mass is 16.2. The molecule has 1 aliphatic rings. The van der Waals surface area contributed by atoms with Gasteiger partial charge in [-0.2, -0.15) is 5.10 Å². The van der Waals surface area contributed by atoms with E-state index in [9.17, 15) is 9.59 Å². The van der Waals surface area contributed by atoms with Gasteiger partial charge in [-0.05, 0) is 38.8 Å². The lowest BCUT2D eigenvalue weighted by Crippen LogP contribution is -2.48. The first-order valence-electron chi connectivity index (χ1n) is 8.25. The molecule has 3 unspecified atom stereocenters. The zero-order valence-corrected chi connectivity index (χ0v) is 14.0. The molecular weight excluding hydrogens is 306 g/mol. The van der Waals surface area contributed by atoms with Gasteiger partial charge < -0.3 is 16.0 Å². The van der Waals surface area contributed by atoms with Crippen molar-refractivity contribution in [2.24, 2.45) is 11.7 Å². The molecule has 1 fully saturated rings. The molecule has 1 saturated heterocycles. The highest BCUT2D eigenvalue weighted by Crippen LogP contribution is 2.23. The van der Waals surface area contributed by atoms with Crippen LogP contribution in [0.25, 0.3) is 10.9 Å². The van der Waals surface area contributed by atoms with E-state index in [1.807, 2.05) is 36.1 Å². The second-order valence-corrected chi connectivity index (χ2v) is 6.49. The number of carbonyl (C=O) groups excluding carboxylic acids is 2. The standard InChI is InChI=1S/C17H23N5O2/c1-10-7-12(8-18)9-22(10)17(24)11(2)19-16(23)15-13-5-3-4-6-14(13)20-21-15/h3-6,10-12H,7-9,18H2,1-2H3,(H,19,23)(H,20,21). The van der Waals surface area contributed by atoms with Crippen molar-refractivity contribution >= 4 is 22.7 Å². The lowest BCUT2D eigenvalue weighted by atomic mass is 10.1. The van der Waals surface area contributed by atoms with Crippen LogP contribution in [-0.4, -0.2) is 52.1 Å². The molecule has 7 heteroatoms. The van der Waals surface area contributed by atoms with Crippen LogP contribution in [0.15, 0.2) is 24.3 Å². The highest BCUT2D eigenvalue weighted by Gasteiger charge is 2.34. The predicted octanol–water partition coefficient (Wildman–Crippen LogP) is 0.877. The van der Waals surface area contributed by atoms with E-state index in [1.54, 1.807) is 6.92 Å². The minimum atomic E-state index is -0.605. The van der Waals surface area contributed by atoms with E-state index >= 15 is 0 Å². The topological polar surface area (TPSA) is 104 Å². The van der Waals surface area contributed by atoms with Crippen LogP contribution in [0.2, 0.25) is 0 Å². The number of benzene rings is 1. The number of H-pyrrole nitrogens is 1. The molecule has 0 spiro atoms. The third-order valence-electron chi connectivity index (χ3n) is 4.68. The van der Waals surface area contributed by atoms with Gasteiger partial charge in [0.15, 0.2) is 5.69 Å². The van der Waals surface area contributed by atoms with E-state index in [4.69, 9.17) is 5.73 Å². The molecule has 0 aliphatic carbocycles. The molecule has 2 heterocycles. The summed E-state index contributed by atoms with van der Waals surface area (Å²) in [5.74, 6) is -0.0932. The summed E-state index contributed by atoms with van der Waals surface area (Å²) in [6.07, 6.45) is 0.910. The molecule has 24 heavy (non-hydrogen) atoms. The van der Waals surface area contributed by atoms with Crippen LogP contribution in [0, 0.1) is 5.92 Å². The van der Waals surface area contributed by atoms with Gasteiger partial charge in [0.2, 0.25) is 5.91 Å². The first-order valence-corrected chi connectivity index (χ1v) is 8.25. The Morgan fingerprint density at radius 3 is 2.92 bits per heavy atom. The van der Waals surface area contributed by atoms with Crippen molar-refractivity contribution < 1.29 is 9.59 Å². The Kier molecular flexibility index (Phi) is 4.53. The molecule has 0 bridgehead atoms. The second-order valence-electron chi connectivity index (χ2n) is 6.49. The van der Waals surface area contributed by atoms with Gasteiger partial charge in [0.25, 0.3) is 5.91 Å². The van der Waals surface area contributed by atoms with E-state index in [-0.39, 0.29) is 17.9 Å². The summed E-state index contributed by atoms with van der Waals surface area (Å²) in [4.78, 5) is 26.9. The number of para-hydroxylation sites is 1. The fraction of sp³-hybridized carbons (Fsp3) is 0.471. The highest BCUT2D eigenvalue weighted by molar-refractivity contribution is 6.05. The minimum absolute atomic E-state index is 0.0772. The number of aromatic nitrogens is 2. The van der Waals surface area contributed by atoms with Gasteiger partial charge in [-0.15, -0.1) is 0 Å². The Morgan fingerprint density at radius 2 is 2.21 bits per heavy atom. The van der Waals surface area contributed by atoms with Crippen molar-refractivity contribution in [1.29, 1.82) is 0 Å². The van der Waals surface area contributed by atoms with Crippen molar-refractivity contribution in [3.63, 3.8) is 0 Å². The Hall–Kier alpha value is -2.41. The molecule has 2 amide bonds. The van der Waals surface area contributed by atoms with E-state index in [2.05, 4.69) is 15.5 Å². The number of amides is 2. The van der Waals surface area contributed by atoms with Crippen LogP contribution in [0.5, 0.6) is 0 Å².